The molecule has 0 bridgehead atoms. The maximum Gasteiger partial charge on any atom is 0.124 e. The van der Waals surface area contributed by atoms with E-state index in [2.05, 4.69) is 193 Å². The van der Waals surface area contributed by atoms with Gasteiger partial charge in [0.05, 0.1) is 21.3 Å². The number of thiazole rings is 1. The normalized spacial score (nSPS) is 13.9. The highest BCUT2D eigenvalue weighted by atomic mass is 32.1. The molecule has 0 N–H and O–H groups in total. The van der Waals surface area contributed by atoms with Crippen LogP contribution in [0.25, 0.3) is 87.2 Å². The van der Waals surface area contributed by atoms with Gasteiger partial charge in [0.25, 0.3) is 0 Å². The lowest BCUT2D eigenvalue weighted by Crippen LogP contribution is -1.96. The second-order valence-corrected chi connectivity index (χ2v) is 14.7. The molecule has 2 aromatic heterocycles. The zero-order valence-corrected chi connectivity index (χ0v) is 29.9. The van der Waals surface area contributed by atoms with Gasteiger partial charge in [0.2, 0.25) is 0 Å². The number of hydrogen-bond donors (Lipinski definition) is 0. The third-order valence-electron chi connectivity index (χ3n) is 10.4. The maximum absolute atomic E-state index is 5.13. The van der Waals surface area contributed by atoms with Crippen molar-refractivity contribution in [2.24, 2.45) is 0 Å². The maximum atomic E-state index is 5.13. The predicted molar refractivity (Wildman–Crippen MR) is 227 cm³/mol. The summed E-state index contributed by atoms with van der Waals surface area (Å²) in [5.41, 5.74) is 16.4. The Hall–Kier alpha value is -6.55. The van der Waals surface area contributed by atoms with Crippen LogP contribution in [0.5, 0.6) is 0 Å². The van der Waals surface area contributed by atoms with Crippen LogP contribution in [0.4, 0.5) is 0 Å². The molecule has 0 unspecified atom stereocenters. The van der Waals surface area contributed by atoms with Crippen LogP contribution in [0.3, 0.4) is 0 Å². The molecule has 10 rings (SSSR count). The molecular formula is C50H34N2S. The number of hydrogen-bond acceptors (Lipinski definition) is 2. The van der Waals surface area contributed by atoms with Gasteiger partial charge in [-0.15, -0.1) is 11.3 Å². The molecule has 0 saturated carbocycles. The molecule has 2 nitrogen and oxygen atoms in total. The first-order valence-corrected chi connectivity index (χ1v) is 18.8. The molecular weight excluding hydrogens is 661 g/mol. The minimum Gasteiger partial charge on any atom is -0.309 e. The van der Waals surface area contributed by atoms with Crippen LogP contribution in [0, 0.1) is 0 Å². The lowest BCUT2D eigenvalue weighted by Gasteiger charge is -2.16. The molecule has 7 aromatic carbocycles. The van der Waals surface area contributed by atoms with Gasteiger partial charge in [-0.25, -0.2) is 4.98 Å². The van der Waals surface area contributed by atoms with Crippen LogP contribution in [-0.2, 0) is 6.42 Å². The molecule has 0 spiro atoms. The van der Waals surface area contributed by atoms with Crippen LogP contribution in [0.15, 0.2) is 189 Å². The van der Waals surface area contributed by atoms with Crippen molar-refractivity contribution in [3.63, 3.8) is 0 Å². The van der Waals surface area contributed by atoms with E-state index in [1.165, 1.54) is 65.5 Å². The standard InChI is InChI=1S/C50H34N2S/c1-33-13-5-2-8-16-36-21-22-38(29-43(36)42-20-12-11-19-41(33)42)35-23-26-40(27-24-35)52-47-28-25-39(34-14-6-3-7-15-34)30-44(47)45-31-49-46(32-48(45)52)51-50(53-49)37-17-9-4-10-18-37/h2-15,17-32H,1,16H2/b8-2-,13-5-. The molecule has 53 heavy (non-hydrogen) atoms. The molecule has 0 atom stereocenters. The topological polar surface area (TPSA) is 17.8 Å². The van der Waals surface area contributed by atoms with E-state index >= 15 is 0 Å². The van der Waals surface area contributed by atoms with Crippen molar-refractivity contribution in [3.8, 4) is 49.6 Å². The molecule has 9 aromatic rings. The van der Waals surface area contributed by atoms with Gasteiger partial charge < -0.3 is 4.57 Å². The van der Waals surface area contributed by atoms with Crippen LogP contribution < -0.4 is 0 Å². The van der Waals surface area contributed by atoms with Gasteiger partial charge in [-0.2, -0.15) is 0 Å². The van der Waals surface area contributed by atoms with E-state index in [1.807, 2.05) is 0 Å². The highest BCUT2D eigenvalue weighted by molar-refractivity contribution is 7.21. The van der Waals surface area contributed by atoms with Crippen LogP contribution >= 0.6 is 11.3 Å². The molecule has 3 heteroatoms. The molecule has 1 aliphatic carbocycles. The summed E-state index contributed by atoms with van der Waals surface area (Å²) in [4.78, 5) is 5.13. The van der Waals surface area contributed by atoms with Crippen molar-refractivity contribution in [3.05, 3.63) is 200 Å². The average molecular weight is 695 g/mol. The Morgan fingerprint density at radius 2 is 1.19 bits per heavy atom. The van der Waals surface area contributed by atoms with E-state index in [0.717, 1.165) is 39.3 Å². The highest BCUT2D eigenvalue weighted by Crippen LogP contribution is 2.41. The Kier molecular flexibility index (Phi) is 7.59. The van der Waals surface area contributed by atoms with E-state index in [9.17, 15) is 0 Å². The molecule has 1 aliphatic rings. The van der Waals surface area contributed by atoms with Gasteiger partial charge >= 0.3 is 0 Å². The van der Waals surface area contributed by atoms with Gasteiger partial charge in [-0.05, 0) is 99.0 Å². The van der Waals surface area contributed by atoms with E-state index in [1.54, 1.807) is 11.3 Å². The van der Waals surface area contributed by atoms with E-state index in [0.29, 0.717) is 0 Å². The van der Waals surface area contributed by atoms with Crippen molar-refractivity contribution in [1.29, 1.82) is 0 Å². The highest BCUT2D eigenvalue weighted by Gasteiger charge is 2.18. The monoisotopic (exact) mass is 694 g/mol. The van der Waals surface area contributed by atoms with E-state index in [4.69, 9.17) is 4.98 Å². The Balaban J connectivity index is 1.11. The third-order valence-corrected chi connectivity index (χ3v) is 11.5. The minimum absolute atomic E-state index is 0.874. The first-order chi connectivity index (χ1) is 26.2. The summed E-state index contributed by atoms with van der Waals surface area (Å²) in [5.74, 6) is 0. The Bertz CT molecular complexity index is 2910. The van der Waals surface area contributed by atoms with Crippen molar-refractivity contribution < 1.29 is 0 Å². The van der Waals surface area contributed by atoms with Crippen LogP contribution in [0.1, 0.15) is 11.1 Å². The summed E-state index contributed by atoms with van der Waals surface area (Å²) in [6, 6.07) is 57.2. The zero-order valence-electron chi connectivity index (χ0n) is 29.0. The van der Waals surface area contributed by atoms with Crippen LogP contribution in [-0.4, -0.2) is 9.55 Å². The zero-order chi connectivity index (χ0) is 35.3. The first kappa shape index (κ1) is 31.2. The summed E-state index contributed by atoms with van der Waals surface area (Å²) < 4.78 is 3.59. The summed E-state index contributed by atoms with van der Waals surface area (Å²) in [5, 5.41) is 3.51. The third kappa shape index (κ3) is 5.54. The first-order valence-electron chi connectivity index (χ1n) is 18.0. The Morgan fingerprint density at radius 1 is 0.528 bits per heavy atom. The fourth-order valence-electron chi connectivity index (χ4n) is 7.75. The van der Waals surface area contributed by atoms with Crippen molar-refractivity contribution >= 4 is 48.9 Å². The predicted octanol–water partition coefficient (Wildman–Crippen LogP) is 13.7. The fourth-order valence-corrected chi connectivity index (χ4v) is 8.75. The quantitative estimate of drug-likeness (QED) is 0.179. The second-order valence-electron chi connectivity index (χ2n) is 13.6. The average Bonchev–Trinajstić information content (AvgIpc) is 3.78. The number of rotatable bonds is 4. The molecule has 0 fully saturated rings. The van der Waals surface area contributed by atoms with Gasteiger partial charge in [0, 0.05) is 22.0 Å². The molecule has 0 radical (unpaired) electrons. The largest absolute Gasteiger partial charge is 0.309 e. The van der Waals surface area contributed by atoms with Gasteiger partial charge in [0.15, 0.2) is 0 Å². The molecule has 0 aliphatic heterocycles. The lowest BCUT2D eigenvalue weighted by molar-refractivity contribution is 1.18. The Morgan fingerprint density at radius 3 is 2.00 bits per heavy atom. The lowest BCUT2D eigenvalue weighted by atomic mass is 9.88. The van der Waals surface area contributed by atoms with Gasteiger partial charge in [-0.3, -0.25) is 0 Å². The van der Waals surface area contributed by atoms with Crippen molar-refractivity contribution in [2.45, 2.75) is 6.42 Å². The van der Waals surface area contributed by atoms with Gasteiger partial charge in [-0.1, -0.05) is 146 Å². The number of benzene rings is 7. The summed E-state index contributed by atoms with van der Waals surface area (Å²) >= 11 is 1.76. The molecule has 250 valence electrons. The minimum atomic E-state index is 0.874. The summed E-state index contributed by atoms with van der Waals surface area (Å²) in [7, 11) is 0. The number of aromatic nitrogens is 2. The van der Waals surface area contributed by atoms with Crippen molar-refractivity contribution in [2.75, 3.05) is 0 Å². The van der Waals surface area contributed by atoms with E-state index < -0.39 is 0 Å². The number of fused-ring (bicyclic) bond motifs is 7. The van der Waals surface area contributed by atoms with Crippen LogP contribution in [0.2, 0.25) is 0 Å². The summed E-state index contributed by atoms with van der Waals surface area (Å²) in [6.45, 7) is 4.39. The SMILES string of the molecule is C=C1/C=C\C=C/Cc2ccc(-c3ccc(-n4c5ccc(-c6ccccc6)cc5c5cc6sc(-c7ccccc7)nc6cc54)cc3)cc2-c2ccccc21. The summed E-state index contributed by atoms with van der Waals surface area (Å²) in [6.07, 6.45) is 9.40. The second kappa shape index (κ2) is 12.9. The number of nitrogens with zero attached hydrogens (tertiary/aromatic N) is 2. The molecule has 2 heterocycles. The van der Waals surface area contributed by atoms with Gasteiger partial charge in [0.1, 0.15) is 5.01 Å². The number of allylic oxidation sites excluding steroid dienone is 5. The smallest absolute Gasteiger partial charge is 0.124 e. The molecule has 0 saturated heterocycles. The van der Waals surface area contributed by atoms with Crippen molar-refractivity contribution in [1.82, 2.24) is 9.55 Å². The fraction of sp³-hybridized carbons (Fsp3) is 0.0200. The van der Waals surface area contributed by atoms with E-state index in [-0.39, 0.29) is 0 Å². The Labute approximate surface area is 313 Å². The molecule has 0 amide bonds.